The molecule has 22 heteroatoms. The maximum Gasteiger partial charge on any atom is 1.00 e. The topological polar surface area (TPSA) is 198 Å². The number of nitrogens with two attached hydrogens (primary N) is 2. The normalized spacial score (nSPS) is 11.1. The number of hydrogen-bond donors (Lipinski definition) is 5. The number of carboxylic acid groups (broad SMARTS) is 3. The fourth-order valence-corrected chi connectivity index (χ4v) is 9.24. The predicted octanol–water partition coefficient (Wildman–Crippen LogP) is 12.0. The molecule has 446 valence electrons. The van der Waals surface area contributed by atoms with Gasteiger partial charge in [-0.2, -0.15) is 0 Å². The average Bonchev–Trinajstić information content (AvgIpc) is 3.40. The minimum atomic E-state index is -1.44. The van der Waals surface area contributed by atoms with Crippen molar-refractivity contribution in [2.45, 2.75) is 123 Å². The van der Waals surface area contributed by atoms with Crippen molar-refractivity contribution >= 4 is 212 Å². The smallest absolute Gasteiger partial charge is 1.00 e. The molecule has 5 aromatic carbocycles. The maximum atomic E-state index is 11.2. The van der Waals surface area contributed by atoms with E-state index in [0.717, 1.165) is 56.1 Å². The molecule has 0 heterocycles. The van der Waals surface area contributed by atoms with Gasteiger partial charge in [0, 0.05) is 59.1 Å². The largest absolute Gasteiger partial charge is 1.00 e. The third kappa shape index (κ3) is 41.9. The number of carbonyl (C=O) groups is 5. The summed E-state index contributed by atoms with van der Waals surface area (Å²) in [5, 5.41) is 26.7. The summed E-state index contributed by atoms with van der Waals surface area (Å²) in [6.45, 7) is 20.6. The number of primary amides is 2. The van der Waals surface area contributed by atoms with Crippen LogP contribution in [0.25, 0.3) is 0 Å². The number of carboxylic acids is 3. The summed E-state index contributed by atoms with van der Waals surface area (Å²) in [6, 6.07) is 37.9. The summed E-state index contributed by atoms with van der Waals surface area (Å²) in [4.78, 5) is 54.7. The van der Waals surface area contributed by atoms with E-state index in [1.165, 1.54) is 0 Å². The van der Waals surface area contributed by atoms with Gasteiger partial charge < -0.3 is 28.2 Å². The molecule has 0 spiro atoms. The Kier molecular flexibility index (Phi) is 59.8. The van der Waals surface area contributed by atoms with E-state index in [1.807, 2.05) is 149 Å². The zero-order valence-electron chi connectivity index (χ0n) is 49.0. The van der Waals surface area contributed by atoms with Crippen molar-refractivity contribution in [3.63, 3.8) is 0 Å². The fraction of sp³-hybridized carbons (Fsp3) is 0.317. The molecule has 5 rings (SSSR count). The van der Waals surface area contributed by atoms with Crippen LogP contribution in [-0.2, 0) is 30.4 Å². The molecule has 0 saturated heterocycles. The molecule has 0 bridgehead atoms. The van der Waals surface area contributed by atoms with Crippen LogP contribution >= 0.6 is 166 Å². The first-order valence-corrected chi connectivity index (χ1v) is 53.8. The van der Waals surface area contributed by atoms with E-state index >= 15 is 0 Å². The summed E-state index contributed by atoms with van der Waals surface area (Å²) in [6.07, 6.45) is 13.2. The van der Waals surface area contributed by atoms with Crippen molar-refractivity contribution in [2.75, 3.05) is 0 Å². The van der Waals surface area contributed by atoms with E-state index in [9.17, 15) is 29.1 Å². The Morgan fingerprint density at radius 2 is 0.829 bits per heavy atom. The van der Waals surface area contributed by atoms with Crippen molar-refractivity contribution in [3.8, 4) is 35.8 Å². The number of hydrogen-bond acceptors (Lipinski definition) is 5. The fourth-order valence-electron chi connectivity index (χ4n) is 6.63. The summed E-state index contributed by atoms with van der Waals surface area (Å²) >= 11 is 16.1. The van der Waals surface area contributed by atoms with E-state index in [0.29, 0.717) is 32.5 Å². The number of benzene rings is 5. The van der Waals surface area contributed by atoms with Crippen molar-refractivity contribution in [1.82, 2.24) is 0 Å². The molecule has 4 atom stereocenters. The molecule has 2 amide bonds. The molecule has 0 aliphatic heterocycles. The van der Waals surface area contributed by atoms with Crippen LogP contribution in [0.15, 0.2) is 121 Å². The average molecular weight is 2190 g/mol. The molecule has 0 aliphatic carbocycles. The van der Waals surface area contributed by atoms with E-state index in [-0.39, 0.29) is 113 Å². The molecule has 4 unspecified atom stereocenters. The van der Waals surface area contributed by atoms with E-state index in [1.54, 1.807) is 0 Å². The van der Waals surface area contributed by atoms with Crippen LogP contribution in [0.2, 0.25) is 39.3 Å². The van der Waals surface area contributed by atoms with Crippen LogP contribution < -0.4 is 76.1 Å². The SMILES string of the molecule is C#C[Si](C)(C)C.C#Cc1ccccc1C(CC)C(N)=O.CCC(C(=O)O)c1ccccc1C#C[Si](C)(C)C.CCC(C(=O)O)c1ccccc1I.CCC(C(N)=O)c1ccccc1I.I.II.I[I-]I.O=C(O)Cc1ccccc1I.[H-].[K+]. The molecule has 0 aromatic heterocycles. The number of amides is 2. The number of rotatable bonds is 14. The molecular formula is C60H75I9KN2O8Si2-. The second kappa shape index (κ2) is 53.6. The summed E-state index contributed by atoms with van der Waals surface area (Å²) < 4.78 is 3.13. The number of carbonyl (C=O) groups excluding carboxylic acids is 2. The van der Waals surface area contributed by atoms with E-state index in [4.69, 9.17) is 34.5 Å². The monoisotopic (exact) mass is 2190 g/mol. The van der Waals surface area contributed by atoms with Gasteiger partial charge in [-0.3, -0.25) is 24.0 Å². The summed E-state index contributed by atoms with van der Waals surface area (Å²) in [7, 11) is -2.55. The Bertz CT molecular complexity index is 2770. The molecule has 0 aliphatic rings. The zero-order chi connectivity index (χ0) is 62.2. The van der Waals surface area contributed by atoms with Crippen LogP contribution in [0.3, 0.4) is 0 Å². The zero-order valence-corrected chi connectivity index (χ0v) is 72.7. The third-order valence-electron chi connectivity index (χ3n) is 10.6. The van der Waals surface area contributed by atoms with Gasteiger partial charge in [0.1, 0.15) is 16.1 Å². The van der Waals surface area contributed by atoms with Crippen molar-refractivity contribution in [2.24, 2.45) is 11.5 Å². The second-order valence-corrected chi connectivity index (χ2v) is 48.1. The van der Waals surface area contributed by atoms with Crippen LogP contribution in [0.1, 0.15) is 117 Å². The Morgan fingerprint density at radius 3 is 1.13 bits per heavy atom. The quantitative estimate of drug-likeness (QED) is 0.0411. The van der Waals surface area contributed by atoms with Crippen molar-refractivity contribution in [1.29, 1.82) is 0 Å². The number of aliphatic carboxylic acids is 3. The standard InChI is InChI=1S/C15H20O2Si.C12H13NO.C10H12INO.C10H11IO2.C8H7IO2.C5H10Si.I3.I2.HI.K.H/c1-5-13(15(16)17)14-9-7-6-8-12(14)10-11-18(2,3)4;1-3-9-7-5-6-8-11(9)10(4-2)12(13)14;2*1-2-7(10(12)13)8-5-3-4-6-9(8)11;9-7-4-2-1-3-6(7)5-8(10)11;1-5-6(2,3)4;1-3-2;1-2;;;/h6-9,13H,5H2,1-4H3,(H,16,17);1,5-8,10H,4H2,2H3,(H2,13,14);3-7H,2H2,1H3,(H2,12,13);3-7H,2H2,1H3,(H,12,13);1-4H,5H2,(H,10,11);1H,2-4H3;;;1H;;/q;;;;;;-1;;;+1;-1. The maximum absolute atomic E-state index is 11.2. The van der Waals surface area contributed by atoms with Crippen LogP contribution in [0.4, 0.5) is 0 Å². The van der Waals surface area contributed by atoms with Crippen LogP contribution in [0.5, 0.6) is 0 Å². The van der Waals surface area contributed by atoms with Crippen molar-refractivity contribution in [3.05, 3.63) is 171 Å². The van der Waals surface area contributed by atoms with Gasteiger partial charge in [-0.25, -0.2) is 0 Å². The molecular weight excluding hydrogens is 2110 g/mol. The molecule has 10 nitrogen and oxygen atoms in total. The Balaban J connectivity index is -0.000000213. The van der Waals surface area contributed by atoms with Gasteiger partial charge in [-0.15, -0.1) is 47.9 Å². The second-order valence-electron chi connectivity index (χ2n) is 18.8. The predicted molar refractivity (Wildman–Crippen MR) is 410 cm³/mol. The van der Waals surface area contributed by atoms with Gasteiger partial charge in [0.25, 0.3) is 0 Å². The number of halogens is 9. The van der Waals surface area contributed by atoms with Gasteiger partial charge in [-0.05, 0) is 152 Å². The third-order valence-corrected chi connectivity index (χ3v) is 15.4. The minimum Gasteiger partial charge on any atom is -1.00 e. The van der Waals surface area contributed by atoms with E-state index < -0.39 is 40.0 Å². The molecule has 0 fully saturated rings. The van der Waals surface area contributed by atoms with Gasteiger partial charge in [0.2, 0.25) is 11.8 Å². The first kappa shape index (κ1) is 91.5. The first-order chi connectivity index (χ1) is 37.6. The van der Waals surface area contributed by atoms with Gasteiger partial charge in [0.15, 0.2) is 0 Å². The van der Waals surface area contributed by atoms with Gasteiger partial charge in [0.05, 0.1) is 30.1 Å². The van der Waals surface area contributed by atoms with Crippen LogP contribution in [-0.4, -0.2) is 61.2 Å². The molecule has 5 aromatic rings. The Labute approximate surface area is 646 Å². The molecule has 0 saturated carbocycles. The summed E-state index contributed by atoms with van der Waals surface area (Å²) in [5.74, 6) is 1.61. The van der Waals surface area contributed by atoms with Gasteiger partial charge >= 0.3 is 120 Å². The molecule has 7 N–H and O–H groups in total. The summed E-state index contributed by atoms with van der Waals surface area (Å²) in [5.41, 5.74) is 22.8. The van der Waals surface area contributed by atoms with Crippen LogP contribution in [0, 0.1) is 46.5 Å². The van der Waals surface area contributed by atoms with E-state index in [2.05, 4.69) is 204 Å². The number of terminal acetylenes is 2. The van der Waals surface area contributed by atoms with Crippen molar-refractivity contribution < 1.29 is 105 Å². The van der Waals surface area contributed by atoms with Gasteiger partial charge in [-0.1, -0.05) is 170 Å². The minimum absolute atomic E-state index is 0. The first-order valence-electron chi connectivity index (χ1n) is 24.7. The Hall–Kier alpha value is 0.770. The molecule has 82 heavy (non-hydrogen) atoms. The molecule has 0 radical (unpaired) electrons. The Morgan fingerprint density at radius 1 is 0.537 bits per heavy atom.